The molecule has 0 aliphatic rings. The number of ketones is 1. The largest absolute Gasteiger partial charge is 0.389 e. The van der Waals surface area contributed by atoms with Crippen LogP contribution in [0.4, 0.5) is 0 Å². The summed E-state index contributed by atoms with van der Waals surface area (Å²) in [5, 5.41) is 9.09. The van der Waals surface area contributed by atoms with E-state index in [1.54, 1.807) is 0 Å². The maximum atomic E-state index is 12.0. The summed E-state index contributed by atoms with van der Waals surface area (Å²) in [7, 11) is -3.60. The van der Waals surface area contributed by atoms with E-state index in [-0.39, 0.29) is 6.42 Å². The third-order valence-corrected chi connectivity index (χ3v) is 6.82. The molecular weight excluding hydrogens is 360 g/mol. The van der Waals surface area contributed by atoms with Gasteiger partial charge in [0.25, 0.3) is 0 Å². The zero-order valence-corrected chi connectivity index (χ0v) is 16.4. The summed E-state index contributed by atoms with van der Waals surface area (Å²) in [6, 6.07) is 17.5. The van der Waals surface area contributed by atoms with E-state index in [0.717, 1.165) is 22.9 Å². The van der Waals surface area contributed by atoms with E-state index in [1.807, 2.05) is 54.6 Å². The smallest absolute Gasteiger partial charge is 0.178 e. The van der Waals surface area contributed by atoms with Gasteiger partial charge in [0.05, 0.1) is 0 Å². The number of aliphatic hydroxyl groups is 1. The van der Waals surface area contributed by atoms with Gasteiger partial charge in [0.2, 0.25) is 0 Å². The molecule has 1 atom stereocenters. The monoisotopic (exact) mass is 384 g/mol. The summed E-state index contributed by atoms with van der Waals surface area (Å²) < 4.78 is 22.4. The van der Waals surface area contributed by atoms with Crippen LogP contribution in [0, 0.1) is 11.8 Å². The summed E-state index contributed by atoms with van der Waals surface area (Å²) in [5.74, 6) is 5.55. The van der Waals surface area contributed by atoms with E-state index >= 15 is 0 Å². The number of aliphatic hydroxyl groups excluding tert-OH is 1. The summed E-state index contributed by atoms with van der Waals surface area (Å²) in [5.41, 5.74) is 2.90. The van der Waals surface area contributed by atoms with Gasteiger partial charge in [0.15, 0.2) is 15.6 Å². The van der Waals surface area contributed by atoms with Crippen molar-refractivity contribution in [2.24, 2.45) is 0 Å². The molecule has 0 spiro atoms. The second-order valence-corrected chi connectivity index (χ2v) is 9.20. The molecule has 2 aromatic carbocycles. The molecule has 0 radical (unpaired) electrons. The van der Waals surface area contributed by atoms with Crippen LogP contribution in [-0.2, 0) is 21.1 Å². The SMILES string of the molecule is CC(CCCc1ccc(C#Cc2ccccc2)cc1)(C(=O)CO)S(C)(=O)=O. The molecule has 0 bridgehead atoms. The first kappa shape index (κ1) is 20.9. The molecule has 0 saturated heterocycles. The van der Waals surface area contributed by atoms with E-state index < -0.39 is 27.0 Å². The van der Waals surface area contributed by atoms with Crippen LogP contribution in [0.1, 0.15) is 36.5 Å². The Kier molecular flexibility index (Phi) is 6.95. The lowest BCUT2D eigenvalue weighted by Gasteiger charge is -2.25. The Morgan fingerprint density at radius 3 is 2.07 bits per heavy atom. The summed E-state index contributed by atoms with van der Waals surface area (Å²) in [4.78, 5) is 11.9. The normalized spacial score (nSPS) is 13.3. The molecule has 1 unspecified atom stereocenters. The lowest BCUT2D eigenvalue weighted by atomic mass is 9.96. The van der Waals surface area contributed by atoms with Gasteiger partial charge in [-0.25, -0.2) is 8.42 Å². The number of carbonyl (C=O) groups is 1. The lowest BCUT2D eigenvalue weighted by Crippen LogP contribution is -2.44. The minimum atomic E-state index is -3.60. The number of rotatable bonds is 7. The molecule has 4 nitrogen and oxygen atoms in total. The Morgan fingerprint density at radius 1 is 1.00 bits per heavy atom. The highest BCUT2D eigenvalue weighted by Crippen LogP contribution is 2.25. The van der Waals surface area contributed by atoms with Crippen LogP contribution in [0.2, 0.25) is 0 Å². The molecular formula is C22H24O4S. The van der Waals surface area contributed by atoms with Crippen LogP contribution in [0.3, 0.4) is 0 Å². The van der Waals surface area contributed by atoms with Gasteiger partial charge in [-0.1, -0.05) is 42.2 Å². The molecule has 1 N–H and O–H groups in total. The van der Waals surface area contributed by atoms with Crippen molar-refractivity contribution in [2.45, 2.75) is 30.9 Å². The van der Waals surface area contributed by atoms with Gasteiger partial charge in [-0.15, -0.1) is 0 Å². The number of Topliss-reactive ketones (excluding diaryl/α,β-unsaturated/α-hetero) is 1. The molecule has 5 heteroatoms. The second-order valence-electron chi connectivity index (χ2n) is 6.75. The number of carbonyl (C=O) groups excluding carboxylic acids is 1. The minimum Gasteiger partial charge on any atom is -0.389 e. The second kappa shape index (κ2) is 8.98. The third kappa shape index (κ3) is 5.53. The fraction of sp³-hybridized carbons (Fsp3) is 0.318. The van der Waals surface area contributed by atoms with E-state index in [2.05, 4.69) is 11.8 Å². The highest BCUT2D eigenvalue weighted by molar-refractivity contribution is 7.92. The predicted molar refractivity (Wildman–Crippen MR) is 107 cm³/mol. The van der Waals surface area contributed by atoms with Crippen molar-refractivity contribution in [3.05, 3.63) is 71.3 Å². The van der Waals surface area contributed by atoms with Crippen LogP contribution >= 0.6 is 0 Å². The van der Waals surface area contributed by atoms with Gasteiger partial charge in [-0.3, -0.25) is 4.79 Å². The topological polar surface area (TPSA) is 71.4 Å². The summed E-state index contributed by atoms with van der Waals surface area (Å²) in [6.07, 6.45) is 2.40. The van der Waals surface area contributed by atoms with Crippen molar-refractivity contribution in [3.63, 3.8) is 0 Å². The zero-order chi connectivity index (χ0) is 19.9. The van der Waals surface area contributed by atoms with Crippen molar-refractivity contribution in [3.8, 4) is 11.8 Å². The van der Waals surface area contributed by atoms with Crippen molar-refractivity contribution in [1.82, 2.24) is 0 Å². The Hall–Kier alpha value is -2.42. The van der Waals surface area contributed by atoms with Crippen LogP contribution < -0.4 is 0 Å². The number of aryl methyl sites for hydroxylation is 1. The van der Waals surface area contributed by atoms with Gasteiger partial charge >= 0.3 is 0 Å². The van der Waals surface area contributed by atoms with Gasteiger partial charge in [-0.2, -0.15) is 0 Å². The Balaban J connectivity index is 1.99. The maximum absolute atomic E-state index is 12.0. The Bertz CT molecular complexity index is 935. The van der Waals surface area contributed by atoms with E-state index in [4.69, 9.17) is 5.11 Å². The quantitative estimate of drug-likeness (QED) is 0.745. The molecule has 0 amide bonds. The van der Waals surface area contributed by atoms with Crippen molar-refractivity contribution in [2.75, 3.05) is 12.9 Å². The highest BCUT2D eigenvalue weighted by Gasteiger charge is 2.41. The van der Waals surface area contributed by atoms with Gasteiger partial charge < -0.3 is 5.11 Å². The van der Waals surface area contributed by atoms with E-state index in [1.165, 1.54) is 6.92 Å². The summed E-state index contributed by atoms with van der Waals surface area (Å²) in [6.45, 7) is 0.626. The van der Waals surface area contributed by atoms with Gasteiger partial charge in [0, 0.05) is 17.4 Å². The number of hydrogen-bond acceptors (Lipinski definition) is 4. The molecule has 0 aromatic heterocycles. The van der Waals surface area contributed by atoms with E-state index in [0.29, 0.717) is 12.8 Å². The van der Waals surface area contributed by atoms with Crippen molar-refractivity contribution in [1.29, 1.82) is 0 Å². The molecule has 2 aromatic rings. The fourth-order valence-electron chi connectivity index (χ4n) is 2.75. The zero-order valence-electron chi connectivity index (χ0n) is 15.6. The number of sulfone groups is 1. The van der Waals surface area contributed by atoms with E-state index in [9.17, 15) is 13.2 Å². The van der Waals surface area contributed by atoms with Crippen molar-refractivity contribution >= 4 is 15.6 Å². The summed E-state index contributed by atoms with van der Waals surface area (Å²) >= 11 is 0. The molecule has 2 rings (SSSR count). The molecule has 27 heavy (non-hydrogen) atoms. The van der Waals surface area contributed by atoms with Crippen LogP contribution in [0.5, 0.6) is 0 Å². The molecule has 0 aliphatic heterocycles. The minimum absolute atomic E-state index is 0.181. The first-order valence-corrected chi connectivity index (χ1v) is 10.7. The predicted octanol–water partition coefficient (Wildman–Crippen LogP) is 2.77. The van der Waals surface area contributed by atoms with Crippen molar-refractivity contribution < 1.29 is 18.3 Å². The van der Waals surface area contributed by atoms with Crippen LogP contribution in [0.25, 0.3) is 0 Å². The first-order valence-electron chi connectivity index (χ1n) is 8.76. The molecule has 0 saturated carbocycles. The Labute approximate surface area is 161 Å². The average molecular weight is 384 g/mol. The first-order chi connectivity index (χ1) is 12.8. The molecule has 0 aliphatic carbocycles. The number of hydrogen-bond donors (Lipinski definition) is 1. The lowest BCUT2D eigenvalue weighted by molar-refractivity contribution is -0.124. The number of benzene rings is 2. The fourth-order valence-corrected chi connectivity index (χ4v) is 3.74. The Morgan fingerprint density at radius 2 is 1.56 bits per heavy atom. The molecule has 0 fully saturated rings. The molecule has 0 heterocycles. The van der Waals surface area contributed by atoms with Gasteiger partial charge in [-0.05, 0) is 56.0 Å². The maximum Gasteiger partial charge on any atom is 0.178 e. The standard InChI is InChI=1S/C22H24O4S/c1-22(21(24)17-23,27(2,25)26)16-6-9-19-11-14-20(15-12-19)13-10-18-7-4-3-5-8-18/h3-5,7-8,11-12,14-15,23H,6,9,16-17H2,1-2H3. The van der Waals surface area contributed by atoms with Crippen LogP contribution in [0.15, 0.2) is 54.6 Å². The highest BCUT2D eigenvalue weighted by atomic mass is 32.2. The third-order valence-electron chi connectivity index (χ3n) is 4.75. The average Bonchev–Trinajstić information content (AvgIpc) is 2.66. The molecule has 142 valence electrons. The van der Waals surface area contributed by atoms with Crippen LogP contribution in [-0.4, -0.2) is 36.9 Å². The van der Waals surface area contributed by atoms with Gasteiger partial charge in [0.1, 0.15) is 11.4 Å².